The number of rotatable bonds is 2. The molecule has 6 nitrogen and oxygen atoms in total. The summed E-state index contributed by atoms with van der Waals surface area (Å²) in [5, 5.41) is 14.0. The van der Waals surface area contributed by atoms with Crippen molar-refractivity contribution < 1.29 is 0 Å². The van der Waals surface area contributed by atoms with Crippen LogP contribution in [0, 0.1) is 6.92 Å². The molecule has 5 rings (SSSR count). The molecule has 0 aliphatic carbocycles. The van der Waals surface area contributed by atoms with Gasteiger partial charge in [-0.15, -0.1) is 0 Å². The van der Waals surface area contributed by atoms with Gasteiger partial charge in [0.15, 0.2) is 0 Å². The Morgan fingerprint density at radius 3 is 2.84 bits per heavy atom. The number of hydrogen-bond donors (Lipinski definition) is 1. The van der Waals surface area contributed by atoms with E-state index in [2.05, 4.69) is 22.7 Å². The van der Waals surface area contributed by atoms with Gasteiger partial charge in [-0.25, -0.2) is 14.0 Å². The fourth-order valence-corrected chi connectivity index (χ4v) is 4.58. The topological polar surface area (TPSA) is 59.5 Å². The molecule has 1 aliphatic heterocycles. The maximum Gasteiger partial charge on any atom is 0.212 e. The minimum Gasteiger partial charge on any atom is -0.317 e. The Kier molecular flexibility index (Phi) is 3.55. The molecule has 4 aromatic heterocycles. The standard InChI is InChI=1S/C17H17ClN6S/c1-10-6-13-7-12(8-15(18)24(13)21-10)16-22-23-9-14(20-17(23)25-16)11-2-4-19-5-3-11/h6-9,11,19H,2-5H2,1H3. The third-order valence-corrected chi connectivity index (χ3v) is 5.95. The Balaban J connectivity index is 1.53. The number of aryl methyl sites for hydroxylation is 1. The Morgan fingerprint density at radius 1 is 1.20 bits per heavy atom. The van der Waals surface area contributed by atoms with Crippen molar-refractivity contribution >= 4 is 33.4 Å². The number of halogens is 1. The van der Waals surface area contributed by atoms with Gasteiger partial charge in [0.05, 0.1) is 23.1 Å². The monoisotopic (exact) mass is 372 g/mol. The van der Waals surface area contributed by atoms with Gasteiger partial charge in [-0.05, 0) is 51.1 Å². The molecular weight excluding hydrogens is 356 g/mol. The highest BCUT2D eigenvalue weighted by molar-refractivity contribution is 7.19. The van der Waals surface area contributed by atoms with E-state index in [0.29, 0.717) is 11.1 Å². The van der Waals surface area contributed by atoms with Crippen LogP contribution < -0.4 is 5.32 Å². The number of imidazole rings is 1. The first-order valence-corrected chi connectivity index (χ1v) is 9.60. The molecule has 0 spiro atoms. The van der Waals surface area contributed by atoms with Crippen molar-refractivity contribution in [3.05, 3.63) is 40.9 Å². The molecule has 8 heteroatoms. The van der Waals surface area contributed by atoms with Crippen LogP contribution in [0.25, 0.3) is 21.0 Å². The molecule has 0 saturated carbocycles. The molecule has 1 fully saturated rings. The smallest absolute Gasteiger partial charge is 0.212 e. The molecule has 0 unspecified atom stereocenters. The van der Waals surface area contributed by atoms with E-state index in [1.165, 1.54) is 0 Å². The summed E-state index contributed by atoms with van der Waals surface area (Å²) >= 11 is 7.97. The van der Waals surface area contributed by atoms with Gasteiger partial charge in [-0.2, -0.15) is 10.2 Å². The van der Waals surface area contributed by atoms with Gasteiger partial charge in [0.2, 0.25) is 4.96 Å². The Labute approximate surface area is 153 Å². The van der Waals surface area contributed by atoms with Crippen molar-refractivity contribution in [2.45, 2.75) is 25.7 Å². The average Bonchev–Trinajstić information content (AvgIpc) is 3.27. The van der Waals surface area contributed by atoms with Crippen LogP contribution in [0.4, 0.5) is 0 Å². The number of nitrogens with one attached hydrogen (secondary N) is 1. The van der Waals surface area contributed by atoms with Gasteiger partial charge in [-0.1, -0.05) is 22.9 Å². The van der Waals surface area contributed by atoms with Crippen LogP contribution in [0.5, 0.6) is 0 Å². The van der Waals surface area contributed by atoms with Crippen molar-refractivity contribution in [1.29, 1.82) is 0 Å². The highest BCUT2D eigenvalue weighted by atomic mass is 35.5. The van der Waals surface area contributed by atoms with Crippen LogP contribution in [0.1, 0.15) is 30.1 Å². The first-order chi connectivity index (χ1) is 12.2. The lowest BCUT2D eigenvalue weighted by Gasteiger charge is -2.20. The lowest BCUT2D eigenvalue weighted by atomic mass is 9.95. The molecular formula is C17H17ClN6S. The summed E-state index contributed by atoms with van der Waals surface area (Å²) in [6.45, 7) is 4.10. The summed E-state index contributed by atoms with van der Waals surface area (Å²) in [6, 6.07) is 5.99. The van der Waals surface area contributed by atoms with E-state index in [9.17, 15) is 0 Å². The predicted octanol–water partition coefficient (Wildman–Crippen LogP) is 3.53. The summed E-state index contributed by atoms with van der Waals surface area (Å²) in [7, 11) is 0. The quantitative estimate of drug-likeness (QED) is 0.547. The van der Waals surface area contributed by atoms with Crippen LogP contribution in [-0.4, -0.2) is 37.3 Å². The number of hydrogen-bond acceptors (Lipinski definition) is 5. The molecule has 128 valence electrons. The van der Waals surface area contributed by atoms with Gasteiger partial charge in [0.25, 0.3) is 0 Å². The number of aromatic nitrogens is 5. The minimum atomic E-state index is 0.541. The third kappa shape index (κ3) is 2.63. The molecule has 4 aromatic rings. The van der Waals surface area contributed by atoms with Crippen LogP contribution in [0.15, 0.2) is 24.4 Å². The van der Waals surface area contributed by atoms with Gasteiger partial charge in [0.1, 0.15) is 10.2 Å². The molecule has 25 heavy (non-hydrogen) atoms. The zero-order chi connectivity index (χ0) is 17.0. The second-order valence-corrected chi connectivity index (χ2v) is 7.86. The number of pyridine rings is 1. The summed E-state index contributed by atoms with van der Waals surface area (Å²) in [5.74, 6) is 0.541. The molecule has 5 heterocycles. The average molecular weight is 373 g/mol. The fourth-order valence-electron chi connectivity index (χ4n) is 3.46. The van der Waals surface area contributed by atoms with Crippen LogP contribution in [0.3, 0.4) is 0 Å². The van der Waals surface area contributed by atoms with Crippen LogP contribution >= 0.6 is 22.9 Å². The summed E-state index contributed by atoms with van der Waals surface area (Å²) in [5.41, 5.74) is 4.07. The van der Waals surface area contributed by atoms with E-state index < -0.39 is 0 Å². The molecule has 0 radical (unpaired) electrons. The fraction of sp³-hybridized carbons (Fsp3) is 0.353. The van der Waals surface area contributed by atoms with Crippen molar-refractivity contribution in [3.8, 4) is 10.6 Å². The van der Waals surface area contributed by atoms with Gasteiger partial charge < -0.3 is 5.32 Å². The Morgan fingerprint density at radius 2 is 2.04 bits per heavy atom. The second kappa shape index (κ2) is 5.79. The highest BCUT2D eigenvalue weighted by Gasteiger charge is 2.20. The van der Waals surface area contributed by atoms with Gasteiger partial charge in [-0.3, -0.25) is 0 Å². The van der Waals surface area contributed by atoms with Crippen LogP contribution in [-0.2, 0) is 0 Å². The van der Waals surface area contributed by atoms with Crippen LogP contribution in [0.2, 0.25) is 5.15 Å². The Hall–Kier alpha value is -1.96. The molecule has 1 aliphatic rings. The first kappa shape index (κ1) is 15.3. The number of piperidine rings is 1. The summed E-state index contributed by atoms with van der Waals surface area (Å²) in [6.07, 6.45) is 4.36. The molecule has 1 N–H and O–H groups in total. The summed E-state index contributed by atoms with van der Waals surface area (Å²) in [4.78, 5) is 5.75. The second-order valence-electron chi connectivity index (χ2n) is 6.51. The SMILES string of the molecule is Cc1cc2cc(-c3nn4cc(C5CCNCC5)nc4s3)cc(Cl)n2n1. The minimum absolute atomic E-state index is 0.541. The maximum atomic E-state index is 6.37. The molecule has 0 aromatic carbocycles. The first-order valence-electron chi connectivity index (χ1n) is 8.40. The van der Waals surface area contributed by atoms with E-state index in [0.717, 1.165) is 58.4 Å². The molecule has 0 bridgehead atoms. The van der Waals surface area contributed by atoms with E-state index in [1.807, 2.05) is 23.6 Å². The van der Waals surface area contributed by atoms with Gasteiger partial charge >= 0.3 is 0 Å². The van der Waals surface area contributed by atoms with Gasteiger partial charge in [0, 0.05) is 11.5 Å². The zero-order valence-corrected chi connectivity index (χ0v) is 15.3. The van der Waals surface area contributed by atoms with E-state index in [1.54, 1.807) is 15.9 Å². The van der Waals surface area contributed by atoms with Crippen molar-refractivity contribution in [1.82, 2.24) is 29.5 Å². The predicted molar refractivity (Wildman–Crippen MR) is 99.6 cm³/mol. The maximum absolute atomic E-state index is 6.37. The highest BCUT2D eigenvalue weighted by Crippen LogP contribution is 2.31. The van der Waals surface area contributed by atoms with E-state index in [-0.39, 0.29) is 0 Å². The third-order valence-electron chi connectivity index (χ3n) is 4.71. The lowest BCUT2D eigenvalue weighted by Crippen LogP contribution is -2.26. The summed E-state index contributed by atoms with van der Waals surface area (Å²) < 4.78 is 3.64. The number of nitrogens with zero attached hydrogens (tertiary/aromatic N) is 5. The van der Waals surface area contributed by atoms with E-state index >= 15 is 0 Å². The molecule has 0 atom stereocenters. The lowest BCUT2D eigenvalue weighted by molar-refractivity contribution is 0.454. The van der Waals surface area contributed by atoms with Crippen molar-refractivity contribution in [2.75, 3.05) is 13.1 Å². The van der Waals surface area contributed by atoms with E-state index in [4.69, 9.17) is 21.7 Å². The Bertz CT molecular complexity index is 1040. The van der Waals surface area contributed by atoms with Crippen molar-refractivity contribution in [3.63, 3.8) is 0 Å². The largest absolute Gasteiger partial charge is 0.317 e. The van der Waals surface area contributed by atoms with Crippen molar-refractivity contribution in [2.24, 2.45) is 0 Å². The zero-order valence-electron chi connectivity index (χ0n) is 13.7. The molecule has 1 saturated heterocycles. The molecule has 0 amide bonds. The normalized spacial score (nSPS) is 16.2. The number of fused-ring (bicyclic) bond motifs is 2.